The van der Waals surface area contributed by atoms with Crippen LogP contribution in [-0.2, 0) is 6.54 Å². The van der Waals surface area contributed by atoms with Gasteiger partial charge in [0.2, 0.25) is 11.8 Å². The molecule has 10 heteroatoms. The summed E-state index contributed by atoms with van der Waals surface area (Å²) in [5.41, 5.74) is 4.47. The van der Waals surface area contributed by atoms with Gasteiger partial charge in [0.1, 0.15) is 17.2 Å². The lowest BCUT2D eigenvalue weighted by atomic mass is 9.98. The summed E-state index contributed by atoms with van der Waals surface area (Å²) in [7, 11) is 0. The molecule has 1 aliphatic heterocycles. The minimum Gasteiger partial charge on any atom is -0.420 e. The monoisotopic (exact) mass is 472 g/mol. The first kappa shape index (κ1) is 20.9. The maximum absolute atomic E-state index is 6.16. The topological polar surface area (TPSA) is 110 Å². The molecule has 0 amide bonds. The normalized spacial score (nSPS) is 16.8. The fourth-order valence-electron chi connectivity index (χ4n) is 4.47. The average molecular weight is 473 g/mol. The summed E-state index contributed by atoms with van der Waals surface area (Å²) in [5.74, 6) is 1.38. The van der Waals surface area contributed by atoms with Crippen LogP contribution in [0, 0.1) is 0 Å². The molecule has 1 N–H and O–H groups in total. The first-order valence-electron chi connectivity index (χ1n) is 11.1. The predicted molar refractivity (Wildman–Crippen MR) is 127 cm³/mol. The molecule has 5 aromatic rings. The van der Waals surface area contributed by atoms with Crippen molar-refractivity contribution in [1.29, 1.82) is 0 Å². The number of hydrogen-bond donors (Lipinski definition) is 1. The average Bonchev–Trinajstić information content (AvgIpc) is 3.52. The van der Waals surface area contributed by atoms with Gasteiger partial charge >= 0.3 is 0 Å². The maximum Gasteiger partial charge on any atom is 0.247 e. The second kappa shape index (κ2) is 8.92. The number of likely N-dealkylation sites (tertiary alicyclic amines) is 1. The number of halogens is 1. The van der Waals surface area contributed by atoms with Gasteiger partial charge < -0.3 is 4.42 Å². The second-order valence-corrected chi connectivity index (χ2v) is 8.81. The third-order valence-corrected chi connectivity index (χ3v) is 6.34. The van der Waals surface area contributed by atoms with E-state index in [0.29, 0.717) is 16.9 Å². The van der Waals surface area contributed by atoms with Crippen LogP contribution in [0.5, 0.6) is 0 Å². The first-order valence-corrected chi connectivity index (χ1v) is 11.5. The van der Waals surface area contributed by atoms with Gasteiger partial charge in [-0.3, -0.25) is 10.00 Å². The van der Waals surface area contributed by atoms with Gasteiger partial charge in [-0.15, -0.1) is 10.2 Å². The molecule has 34 heavy (non-hydrogen) atoms. The third-order valence-electron chi connectivity index (χ3n) is 6.13. The molecular formula is C24H21ClN8O. The van der Waals surface area contributed by atoms with E-state index in [9.17, 15) is 0 Å². The van der Waals surface area contributed by atoms with Gasteiger partial charge in [-0.25, -0.2) is 15.0 Å². The molecule has 0 radical (unpaired) electrons. The zero-order valence-corrected chi connectivity index (χ0v) is 19.0. The van der Waals surface area contributed by atoms with Crippen LogP contribution in [0.3, 0.4) is 0 Å². The number of piperidine rings is 1. The number of benzene rings is 1. The summed E-state index contributed by atoms with van der Waals surface area (Å²) >= 11 is 6.08. The molecule has 9 nitrogen and oxygen atoms in total. The zero-order chi connectivity index (χ0) is 22.9. The molecule has 1 unspecified atom stereocenters. The van der Waals surface area contributed by atoms with E-state index >= 15 is 0 Å². The summed E-state index contributed by atoms with van der Waals surface area (Å²) in [4.78, 5) is 14.8. The number of aromatic amines is 1. The quantitative estimate of drug-likeness (QED) is 0.372. The highest BCUT2D eigenvalue weighted by Crippen LogP contribution is 2.32. The second-order valence-electron chi connectivity index (χ2n) is 8.42. The van der Waals surface area contributed by atoms with Gasteiger partial charge in [0.25, 0.3) is 0 Å². The Kier molecular flexibility index (Phi) is 5.48. The Balaban J connectivity index is 1.24. The smallest absolute Gasteiger partial charge is 0.247 e. The Morgan fingerprint density at radius 3 is 2.91 bits per heavy atom. The van der Waals surface area contributed by atoms with Crippen molar-refractivity contribution >= 4 is 22.5 Å². The molecule has 1 atom stereocenters. The number of nitrogens with one attached hydrogen (secondary N) is 1. The highest BCUT2D eigenvalue weighted by atomic mass is 35.5. The molecule has 0 bridgehead atoms. The van der Waals surface area contributed by atoms with E-state index in [4.69, 9.17) is 16.0 Å². The van der Waals surface area contributed by atoms with E-state index in [0.717, 1.165) is 65.9 Å². The number of fused-ring (bicyclic) bond motifs is 1. The molecule has 1 fully saturated rings. The summed E-state index contributed by atoms with van der Waals surface area (Å²) in [6, 6.07) is 11.6. The number of nitrogens with zero attached hydrogens (tertiary/aromatic N) is 7. The number of H-pyrrole nitrogens is 1. The van der Waals surface area contributed by atoms with Gasteiger partial charge in [0.15, 0.2) is 0 Å². The standard InChI is InChI=1S/C24H21ClN8O/c25-21-11-15(5-8-27-21)22-19-10-16(3-4-20(19)29-30-22)23-31-32-24(34-23)17-2-1-9-33(12-17)13-18-6-7-26-14-28-18/h3-8,10-11,14,17H,1-2,9,12-13H2,(H,29,30). The molecule has 4 aromatic heterocycles. The highest BCUT2D eigenvalue weighted by Gasteiger charge is 2.26. The lowest BCUT2D eigenvalue weighted by Gasteiger charge is -2.30. The predicted octanol–water partition coefficient (Wildman–Crippen LogP) is 4.50. The SMILES string of the molecule is Clc1cc(-c2n[nH]c3ccc(-c4nnc(C5CCCN(Cc6ccncn6)C5)o4)cc23)ccn1. The molecule has 1 saturated heterocycles. The van der Waals surface area contributed by atoms with Crippen molar-refractivity contribution in [3.63, 3.8) is 0 Å². The molecule has 0 aliphatic carbocycles. The van der Waals surface area contributed by atoms with Crippen LogP contribution >= 0.6 is 11.6 Å². The molecule has 170 valence electrons. The lowest BCUT2D eigenvalue weighted by Crippen LogP contribution is -2.34. The van der Waals surface area contributed by atoms with Crippen LogP contribution in [0.1, 0.15) is 30.3 Å². The van der Waals surface area contributed by atoms with Crippen LogP contribution < -0.4 is 0 Å². The Hall–Kier alpha value is -3.69. The number of pyridine rings is 1. The molecule has 0 spiro atoms. The minimum absolute atomic E-state index is 0.198. The Morgan fingerprint density at radius 1 is 1.06 bits per heavy atom. The van der Waals surface area contributed by atoms with Crippen LogP contribution in [0.15, 0.2) is 59.5 Å². The van der Waals surface area contributed by atoms with E-state index in [2.05, 4.69) is 40.2 Å². The van der Waals surface area contributed by atoms with Gasteiger partial charge in [0, 0.05) is 42.0 Å². The van der Waals surface area contributed by atoms with Crippen LogP contribution in [0.25, 0.3) is 33.6 Å². The van der Waals surface area contributed by atoms with Crippen molar-refractivity contribution in [3.8, 4) is 22.7 Å². The van der Waals surface area contributed by atoms with E-state index in [1.807, 2.05) is 30.3 Å². The van der Waals surface area contributed by atoms with Crippen molar-refractivity contribution in [2.75, 3.05) is 13.1 Å². The summed E-state index contributed by atoms with van der Waals surface area (Å²) in [6.45, 7) is 2.68. The maximum atomic E-state index is 6.16. The fourth-order valence-corrected chi connectivity index (χ4v) is 4.65. The Morgan fingerprint density at radius 2 is 2.03 bits per heavy atom. The minimum atomic E-state index is 0.198. The zero-order valence-electron chi connectivity index (χ0n) is 18.2. The molecule has 0 saturated carbocycles. The molecule has 5 heterocycles. The molecule has 6 rings (SSSR count). The molecule has 1 aromatic carbocycles. The van der Waals surface area contributed by atoms with Crippen molar-refractivity contribution < 1.29 is 4.42 Å². The summed E-state index contributed by atoms with van der Waals surface area (Å²) in [5, 5.41) is 17.7. The van der Waals surface area contributed by atoms with Crippen molar-refractivity contribution in [2.45, 2.75) is 25.3 Å². The summed E-state index contributed by atoms with van der Waals surface area (Å²) in [6.07, 6.45) is 7.14. The number of rotatable bonds is 5. The van der Waals surface area contributed by atoms with Crippen molar-refractivity contribution in [2.24, 2.45) is 0 Å². The van der Waals surface area contributed by atoms with E-state index in [1.54, 1.807) is 24.8 Å². The highest BCUT2D eigenvalue weighted by molar-refractivity contribution is 6.29. The van der Waals surface area contributed by atoms with Crippen molar-refractivity contribution in [1.82, 2.24) is 40.2 Å². The summed E-state index contributed by atoms with van der Waals surface area (Å²) < 4.78 is 6.16. The Bertz CT molecular complexity index is 1430. The van der Waals surface area contributed by atoms with E-state index < -0.39 is 0 Å². The molecule has 1 aliphatic rings. The van der Waals surface area contributed by atoms with Gasteiger partial charge in [-0.2, -0.15) is 5.10 Å². The van der Waals surface area contributed by atoms with Gasteiger partial charge in [-0.1, -0.05) is 11.6 Å². The van der Waals surface area contributed by atoms with Crippen LogP contribution in [-0.4, -0.2) is 53.3 Å². The molecular weight excluding hydrogens is 452 g/mol. The van der Waals surface area contributed by atoms with Gasteiger partial charge in [-0.05, 0) is 55.8 Å². The number of aromatic nitrogens is 7. The van der Waals surface area contributed by atoms with E-state index in [-0.39, 0.29) is 5.92 Å². The lowest BCUT2D eigenvalue weighted by molar-refractivity contribution is 0.184. The fraction of sp³-hybridized carbons (Fsp3) is 0.250. The first-order chi connectivity index (χ1) is 16.7. The third kappa shape index (κ3) is 4.15. The van der Waals surface area contributed by atoms with Crippen LogP contribution in [0.2, 0.25) is 5.15 Å². The van der Waals surface area contributed by atoms with Crippen molar-refractivity contribution in [3.05, 3.63) is 71.9 Å². The largest absolute Gasteiger partial charge is 0.420 e. The van der Waals surface area contributed by atoms with Gasteiger partial charge in [0.05, 0.1) is 17.1 Å². The van der Waals surface area contributed by atoms with Crippen LogP contribution in [0.4, 0.5) is 0 Å². The number of hydrogen-bond acceptors (Lipinski definition) is 8. The Labute approximate surface area is 200 Å². The van der Waals surface area contributed by atoms with E-state index in [1.165, 1.54) is 0 Å².